The molecule has 1 heterocycles. The largest absolute Gasteiger partial charge is 0.393 e. The molecule has 1 aliphatic heterocycles. The molecule has 0 radical (unpaired) electrons. The summed E-state index contributed by atoms with van der Waals surface area (Å²) < 4.78 is 5.36. The maximum atomic E-state index is 12.1. The Morgan fingerprint density at radius 2 is 2.22 bits per heavy atom. The molecule has 4 heteroatoms. The minimum absolute atomic E-state index is 0.177. The van der Waals surface area contributed by atoms with E-state index in [0.717, 1.165) is 38.8 Å². The number of nitrogens with zero attached hydrogens (tertiary/aromatic N) is 1. The maximum absolute atomic E-state index is 12.1. The average Bonchev–Trinajstić information content (AvgIpc) is 2.34. The number of aliphatic hydroxyl groups is 1. The minimum atomic E-state index is -0.334. The molecule has 0 aromatic rings. The van der Waals surface area contributed by atoms with Crippen molar-refractivity contribution >= 4 is 5.91 Å². The van der Waals surface area contributed by atoms with E-state index in [4.69, 9.17) is 4.74 Å². The Bertz CT molecular complexity index is 243. The highest BCUT2D eigenvalue weighted by atomic mass is 16.5. The number of piperidine rings is 1. The summed E-state index contributed by atoms with van der Waals surface area (Å²) in [6, 6.07) is 0.220. The Morgan fingerprint density at radius 3 is 2.89 bits per heavy atom. The Labute approximate surface area is 110 Å². The summed E-state index contributed by atoms with van der Waals surface area (Å²) in [7, 11) is 0. The maximum Gasteiger partial charge on any atom is 0.225 e. The summed E-state index contributed by atoms with van der Waals surface area (Å²) in [4.78, 5) is 14.1. The van der Waals surface area contributed by atoms with Gasteiger partial charge in [-0.15, -0.1) is 0 Å². The van der Waals surface area contributed by atoms with Crippen LogP contribution in [-0.2, 0) is 9.53 Å². The number of ether oxygens (including phenoxy) is 1. The normalized spacial score (nSPS) is 21.9. The lowest BCUT2D eigenvalue weighted by Crippen LogP contribution is -2.45. The van der Waals surface area contributed by atoms with E-state index in [1.807, 2.05) is 4.90 Å². The fraction of sp³-hybridized carbons (Fsp3) is 0.929. The Morgan fingerprint density at radius 1 is 1.44 bits per heavy atom. The number of hydrogen-bond donors (Lipinski definition) is 1. The summed E-state index contributed by atoms with van der Waals surface area (Å²) in [5.74, 6) is 0.177. The van der Waals surface area contributed by atoms with E-state index in [-0.39, 0.29) is 18.1 Å². The number of carbonyl (C=O) groups excluding carboxylic acids is 1. The van der Waals surface area contributed by atoms with Gasteiger partial charge in [-0.2, -0.15) is 0 Å². The molecule has 1 fully saturated rings. The van der Waals surface area contributed by atoms with Gasteiger partial charge in [0.2, 0.25) is 5.91 Å². The molecule has 18 heavy (non-hydrogen) atoms. The van der Waals surface area contributed by atoms with Crippen LogP contribution in [0.25, 0.3) is 0 Å². The van der Waals surface area contributed by atoms with Gasteiger partial charge in [0.1, 0.15) is 0 Å². The molecule has 1 rings (SSSR count). The van der Waals surface area contributed by atoms with E-state index in [1.54, 1.807) is 6.92 Å². The van der Waals surface area contributed by atoms with Crippen molar-refractivity contribution in [2.24, 2.45) is 0 Å². The smallest absolute Gasteiger partial charge is 0.225 e. The van der Waals surface area contributed by atoms with Crippen LogP contribution in [0.3, 0.4) is 0 Å². The van der Waals surface area contributed by atoms with Crippen LogP contribution in [0.5, 0.6) is 0 Å². The topological polar surface area (TPSA) is 49.8 Å². The third kappa shape index (κ3) is 5.36. The minimum Gasteiger partial charge on any atom is -0.393 e. The zero-order valence-corrected chi connectivity index (χ0v) is 11.7. The van der Waals surface area contributed by atoms with Gasteiger partial charge >= 0.3 is 0 Å². The highest BCUT2D eigenvalue weighted by Gasteiger charge is 2.27. The van der Waals surface area contributed by atoms with Gasteiger partial charge in [-0.1, -0.05) is 6.92 Å². The molecule has 0 saturated carbocycles. The number of rotatable bonds is 7. The quantitative estimate of drug-likeness (QED) is 0.709. The fourth-order valence-corrected chi connectivity index (χ4v) is 2.52. The third-order valence-electron chi connectivity index (χ3n) is 3.37. The van der Waals surface area contributed by atoms with Crippen LogP contribution >= 0.6 is 0 Å². The van der Waals surface area contributed by atoms with Gasteiger partial charge < -0.3 is 14.7 Å². The third-order valence-corrected chi connectivity index (χ3v) is 3.37. The molecule has 0 aromatic heterocycles. The van der Waals surface area contributed by atoms with Crippen molar-refractivity contribution in [3.8, 4) is 0 Å². The van der Waals surface area contributed by atoms with E-state index >= 15 is 0 Å². The second-order valence-electron chi connectivity index (χ2n) is 5.18. The first-order chi connectivity index (χ1) is 8.65. The number of amides is 1. The van der Waals surface area contributed by atoms with E-state index in [2.05, 4.69) is 6.92 Å². The molecule has 106 valence electrons. The second kappa shape index (κ2) is 8.48. The second-order valence-corrected chi connectivity index (χ2v) is 5.18. The molecule has 0 aliphatic carbocycles. The van der Waals surface area contributed by atoms with Gasteiger partial charge in [0, 0.05) is 19.2 Å². The SMILES string of the molecule is CCCOCCC(=O)N1CCCCC1CC(C)O. The summed E-state index contributed by atoms with van der Waals surface area (Å²) in [5, 5.41) is 9.49. The van der Waals surface area contributed by atoms with Crippen LogP contribution in [0, 0.1) is 0 Å². The van der Waals surface area contributed by atoms with Crippen molar-refractivity contribution in [3.63, 3.8) is 0 Å². The Kier molecular flexibility index (Phi) is 7.28. The monoisotopic (exact) mass is 257 g/mol. The lowest BCUT2D eigenvalue weighted by atomic mass is 9.97. The van der Waals surface area contributed by atoms with Gasteiger partial charge in [0.25, 0.3) is 0 Å². The Balaban J connectivity index is 2.37. The molecule has 2 atom stereocenters. The molecule has 1 N–H and O–H groups in total. The van der Waals surface area contributed by atoms with E-state index < -0.39 is 0 Å². The van der Waals surface area contributed by atoms with Crippen molar-refractivity contribution in [3.05, 3.63) is 0 Å². The van der Waals surface area contributed by atoms with Crippen LogP contribution in [0.4, 0.5) is 0 Å². The van der Waals surface area contributed by atoms with Gasteiger partial charge in [0.15, 0.2) is 0 Å². The average molecular weight is 257 g/mol. The Hall–Kier alpha value is -0.610. The number of aliphatic hydroxyl groups excluding tert-OH is 1. The first-order valence-electron chi connectivity index (χ1n) is 7.20. The van der Waals surface area contributed by atoms with Gasteiger partial charge in [0.05, 0.1) is 19.1 Å². The van der Waals surface area contributed by atoms with Gasteiger partial charge in [-0.25, -0.2) is 0 Å². The molecular weight excluding hydrogens is 230 g/mol. The molecule has 0 spiro atoms. The standard InChI is InChI=1S/C14H27NO3/c1-3-9-18-10-7-14(17)15-8-5-4-6-13(15)11-12(2)16/h12-13,16H,3-11H2,1-2H3. The lowest BCUT2D eigenvalue weighted by Gasteiger charge is -2.36. The number of likely N-dealkylation sites (tertiary alicyclic amines) is 1. The number of hydrogen-bond acceptors (Lipinski definition) is 3. The van der Waals surface area contributed by atoms with Gasteiger partial charge in [-0.05, 0) is 39.0 Å². The van der Waals surface area contributed by atoms with Gasteiger partial charge in [-0.3, -0.25) is 4.79 Å². The molecule has 4 nitrogen and oxygen atoms in total. The van der Waals surface area contributed by atoms with Crippen LogP contribution in [0.15, 0.2) is 0 Å². The van der Waals surface area contributed by atoms with Crippen molar-refractivity contribution in [1.82, 2.24) is 4.90 Å². The summed E-state index contributed by atoms with van der Waals surface area (Å²) >= 11 is 0. The van der Waals surface area contributed by atoms with Crippen molar-refractivity contribution in [2.45, 2.75) is 64.5 Å². The van der Waals surface area contributed by atoms with Crippen molar-refractivity contribution in [1.29, 1.82) is 0 Å². The van der Waals surface area contributed by atoms with E-state index in [9.17, 15) is 9.90 Å². The van der Waals surface area contributed by atoms with Crippen molar-refractivity contribution in [2.75, 3.05) is 19.8 Å². The van der Waals surface area contributed by atoms with E-state index in [0.29, 0.717) is 19.4 Å². The molecule has 1 saturated heterocycles. The van der Waals surface area contributed by atoms with Crippen LogP contribution in [0.2, 0.25) is 0 Å². The van der Waals surface area contributed by atoms with E-state index in [1.165, 1.54) is 0 Å². The molecule has 0 aromatic carbocycles. The first-order valence-corrected chi connectivity index (χ1v) is 7.20. The fourth-order valence-electron chi connectivity index (χ4n) is 2.52. The predicted molar refractivity (Wildman–Crippen MR) is 71.4 cm³/mol. The van der Waals surface area contributed by atoms with Crippen molar-refractivity contribution < 1.29 is 14.6 Å². The highest BCUT2D eigenvalue weighted by Crippen LogP contribution is 2.21. The van der Waals surface area contributed by atoms with Crippen LogP contribution < -0.4 is 0 Å². The predicted octanol–water partition coefficient (Wildman–Crippen LogP) is 1.96. The molecule has 1 aliphatic rings. The highest BCUT2D eigenvalue weighted by molar-refractivity contribution is 5.76. The molecular formula is C14H27NO3. The van der Waals surface area contributed by atoms with Crippen LogP contribution in [-0.4, -0.2) is 47.8 Å². The summed E-state index contributed by atoms with van der Waals surface area (Å²) in [6.45, 7) is 5.94. The molecule has 0 bridgehead atoms. The zero-order valence-electron chi connectivity index (χ0n) is 11.7. The molecule has 2 unspecified atom stereocenters. The zero-order chi connectivity index (χ0) is 13.4. The lowest BCUT2D eigenvalue weighted by molar-refractivity contribution is -0.136. The summed E-state index contributed by atoms with van der Waals surface area (Å²) in [6.07, 6.45) is 5.08. The number of carbonyl (C=O) groups is 1. The first kappa shape index (κ1) is 15.4. The molecule has 1 amide bonds. The van der Waals surface area contributed by atoms with Crippen LogP contribution in [0.1, 0.15) is 52.4 Å². The summed E-state index contributed by atoms with van der Waals surface area (Å²) in [5.41, 5.74) is 0.